The molecule has 0 spiro atoms. The summed E-state index contributed by atoms with van der Waals surface area (Å²) in [5, 5.41) is 13.2. The van der Waals surface area contributed by atoms with Crippen LogP contribution in [0.15, 0.2) is 47.1 Å². The van der Waals surface area contributed by atoms with Crippen LogP contribution < -0.4 is 0 Å². The molecule has 3 aromatic rings. The topological polar surface area (TPSA) is 25.2 Å². The van der Waals surface area contributed by atoms with Crippen molar-refractivity contribution in [2.24, 2.45) is 0 Å². The van der Waals surface area contributed by atoms with Gasteiger partial charge in [0.05, 0.1) is 6.04 Å². The summed E-state index contributed by atoms with van der Waals surface area (Å²) in [7, 11) is 0. The Balaban J connectivity index is 2.14. The van der Waals surface area contributed by atoms with Crippen LogP contribution in [0, 0.1) is 6.92 Å². The van der Waals surface area contributed by atoms with Gasteiger partial charge in [0.2, 0.25) is 0 Å². The van der Waals surface area contributed by atoms with Crippen molar-refractivity contribution in [3.05, 3.63) is 63.2 Å². The lowest BCUT2D eigenvalue weighted by Gasteiger charge is -2.15. The van der Waals surface area contributed by atoms with E-state index in [-0.39, 0.29) is 6.04 Å². The average molecular weight is 365 g/mol. The standard InChI is InChI=1S/C17H15BrClNO/c1-10-7-14(18)8-13-9-20(17(21)16(10)13)11(2)12-3-5-15(19)6-4-12/h3-9,11,21H,1-2H3/t11-/m0/s1. The predicted molar refractivity (Wildman–Crippen MR) is 91.3 cm³/mol. The number of fused-ring (bicyclic) bond motifs is 1. The number of nitrogens with zero attached hydrogens (tertiary/aromatic N) is 1. The number of aromatic nitrogens is 1. The van der Waals surface area contributed by atoms with E-state index in [1.807, 2.05) is 54.1 Å². The van der Waals surface area contributed by atoms with Crippen molar-refractivity contribution in [1.82, 2.24) is 4.57 Å². The summed E-state index contributed by atoms with van der Waals surface area (Å²) in [5.41, 5.74) is 2.16. The van der Waals surface area contributed by atoms with Crippen molar-refractivity contribution < 1.29 is 5.11 Å². The molecule has 0 aliphatic rings. The van der Waals surface area contributed by atoms with Crippen LogP contribution in [0.3, 0.4) is 0 Å². The Morgan fingerprint density at radius 3 is 2.52 bits per heavy atom. The van der Waals surface area contributed by atoms with Crippen LogP contribution in [0.25, 0.3) is 10.8 Å². The fourth-order valence-electron chi connectivity index (χ4n) is 2.71. The minimum Gasteiger partial charge on any atom is -0.494 e. The molecule has 2 nitrogen and oxygen atoms in total. The van der Waals surface area contributed by atoms with Gasteiger partial charge in [-0.15, -0.1) is 0 Å². The van der Waals surface area contributed by atoms with Gasteiger partial charge in [-0.1, -0.05) is 39.7 Å². The quantitative estimate of drug-likeness (QED) is 0.621. The average Bonchev–Trinajstić information content (AvgIpc) is 2.76. The van der Waals surface area contributed by atoms with Gasteiger partial charge in [-0.05, 0) is 49.2 Å². The van der Waals surface area contributed by atoms with Gasteiger partial charge in [-0.3, -0.25) is 0 Å². The van der Waals surface area contributed by atoms with Gasteiger partial charge in [0.25, 0.3) is 0 Å². The lowest BCUT2D eigenvalue weighted by Crippen LogP contribution is -2.04. The van der Waals surface area contributed by atoms with Gasteiger partial charge in [-0.25, -0.2) is 0 Å². The first-order chi connectivity index (χ1) is 9.97. The zero-order valence-corrected chi connectivity index (χ0v) is 14.1. The molecule has 0 aliphatic carbocycles. The number of aromatic hydroxyl groups is 1. The molecule has 0 fully saturated rings. The Labute approximate surface area is 137 Å². The molecule has 1 aromatic heterocycles. The summed E-state index contributed by atoms with van der Waals surface area (Å²) in [5.74, 6) is 0.303. The van der Waals surface area contributed by atoms with Crippen molar-refractivity contribution in [3.8, 4) is 5.88 Å². The van der Waals surface area contributed by atoms with Crippen molar-refractivity contribution in [2.45, 2.75) is 19.9 Å². The largest absolute Gasteiger partial charge is 0.494 e. The van der Waals surface area contributed by atoms with E-state index >= 15 is 0 Å². The van der Waals surface area contributed by atoms with E-state index in [1.165, 1.54) is 0 Å². The fraction of sp³-hybridized carbons (Fsp3) is 0.176. The fourth-order valence-corrected chi connectivity index (χ4v) is 3.43. The molecule has 0 radical (unpaired) electrons. The number of hydrogen-bond acceptors (Lipinski definition) is 1. The Morgan fingerprint density at radius 2 is 1.86 bits per heavy atom. The molecular formula is C17H15BrClNO. The lowest BCUT2D eigenvalue weighted by molar-refractivity contribution is 0.412. The van der Waals surface area contributed by atoms with Gasteiger partial charge < -0.3 is 9.67 Å². The normalized spacial score (nSPS) is 12.8. The van der Waals surface area contributed by atoms with E-state index in [0.29, 0.717) is 10.9 Å². The molecule has 0 amide bonds. The molecule has 4 heteroatoms. The Bertz CT molecular complexity index is 808. The van der Waals surface area contributed by atoms with Crippen molar-refractivity contribution in [2.75, 3.05) is 0 Å². The Kier molecular flexibility index (Phi) is 3.72. The lowest BCUT2D eigenvalue weighted by atomic mass is 10.1. The number of aryl methyl sites for hydroxylation is 1. The Morgan fingerprint density at radius 1 is 1.19 bits per heavy atom. The third-order valence-corrected chi connectivity index (χ3v) is 4.56. The monoisotopic (exact) mass is 363 g/mol. The van der Waals surface area contributed by atoms with E-state index in [1.54, 1.807) is 0 Å². The van der Waals surface area contributed by atoms with E-state index in [4.69, 9.17) is 11.6 Å². The minimum absolute atomic E-state index is 0.0350. The number of hydrogen-bond donors (Lipinski definition) is 1. The molecule has 1 N–H and O–H groups in total. The summed E-state index contributed by atoms with van der Waals surface area (Å²) < 4.78 is 2.91. The van der Waals surface area contributed by atoms with E-state index in [9.17, 15) is 5.11 Å². The highest BCUT2D eigenvalue weighted by Gasteiger charge is 2.16. The van der Waals surface area contributed by atoms with E-state index in [2.05, 4.69) is 22.9 Å². The smallest absolute Gasteiger partial charge is 0.199 e. The third-order valence-electron chi connectivity index (χ3n) is 3.85. The molecule has 0 saturated carbocycles. The van der Waals surface area contributed by atoms with Gasteiger partial charge in [0.1, 0.15) is 0 Å². The molecule has 1 atom stereocenters. The second-order valence-electron chi connectivity index (χ2n) is 5.27. The van der Waals surface area contributed by atoms with Crippen LogP contribution >= 0.6 is 27.5 Å². The van der Waals surface area contributed by atoms with Gasteiger partial charge in [0.15, 0.2) is 5.88 Å². The first-order valence-electron chi connectivity index (χ1n) is 6.72. The molecule has 108 valence electrons. The number of benzene rings is 2. The number of rotatable bonds is 2. The first-order valence-corrected chi connectivity index (χ1v) is 7.89. The second kappa shape index (κ2) is 5.39. The summed E-state index contributed by atoms with van der Waals surface area (Å²) in [4.78, 5) is 0. The van der Waals surface area contributed by atoms with Crippen molar-refractivity contribution in [3.63, 3.8) is 0 Å². The molecule has 0 bridgehead atoms. The van der Waals surface area contributed by atoms with Crippen LogP contribution in [-0.4, -0.2) is 9.67 Å². The van der Waals surface area contributed by atoms with Crippen LogP contribution in [0.4, 0.5) is 0 Å². The van der Waals surface area contributed by atoms with Gasteiger partial charge in [-0.2, -0.15) is 0 Å². The van der Waals surface area contributed by atoms with Crippen LogP contribution in [0.5, 0.6) is 5.88 Å². The maximum atomic E-state index is 10.6. The molecule has 0 aliphatic heterocycles. The third kappa shape index (κ3) is 2.56. The summed E-state index contributed by atoms with van der Waals surface area (Å²) in [6.07, 6.45) is 1.99. The summed E-state index contributed by atoms with van der Waals surface area (Å²) >= 11 is 9.44. The highest BCUT2D eigenvalue weighted by molar-refractivity contribution is 9.10. The van der Waals surface area contributed by atoms with Gasteiger partial charge in [0, 0.05) is 26.5 Å². The predicted octanol–water partition coefficient (Wildman–Crippen LogP) is 5.68. The van der Waals surface area contributed by atoms with E-state index in [0.717, 1.165) is 26.4 Å². The highest BCUT2D eigenvalue weighted by Crippen LogP contribution is 2.36. The second-order valence-corrected chi connectivity index (χ2v) is 6.63. The van der Waals surface area contributed by atoms with Crippen molar-refractivity contribution in [1.29, 1.82) is 0 Å². The van der Waals surface area contributed by atoms with Crippen LogP contribution in [0.2, 0.25) is 5.02 Å². The molecule has 2 aromatic carbocycles. The Hall–Kier alpha value is -1.45. The molecule has 1 heterocycles. The highest BCUT2D eigenvalue weighted by atomic mass is 79.9. The molecule has 3 rings (SSSR count). The van der Waals surface area contributed by atoms with Crippen molar-refractivity contribution >= 4 is 38.3 Å². The minimum atomic E-state index is 0.0350. The maximum Gasteiger partial charge on any atom is 0.199 e. The molecule has 0 unspecified atom stereocenters. The first kappa shape index (κ1) is 14.5. The maximum absolute atomic E-state index is 10.6. The molecule has 0 saturated heterocycles. The van der Waals surface area contributed by atoms with E-state index < -0.39 is 0 Å². The summed E-state index contributed by atoms with van der Waals surface area (Å²) in [6, 6.07) is 11.8. The summed E-state index contributed by atoms with van der Waals surface area (Å²) in [6.45, 7) is 4.07. The molecular weight excluding hydrogens is 350 g/mol. The zero-order valence-electron chi connectivity index (χ0n) is 11.8. The van der Waals surface area contributed by atoms with Gasteiger partial charge >= 0.3 is 0 Å². The van der Waals surface area contributed by atoms with Crippen LogP contribution in [0.1, 0.15) is 24.1 Å². The molecule has 21 heavy (non-hydrogen) atoms. The zero-order chi connectivity index (χ0) is 15.1. The van der Waals surface area contributed by atoms with Crippen LogP contribution in [-0.2, 0) is 0 Å². The number of halogens is 2. The SMILES string of the molecule is Cc1cc(Br)cc2cn([C@@H](C)c3ccc(Cl)cc3)c(O)c12.